The summed E-state index contributed by atoms with van der Waals surface area (Å²) in [6, 6.07) is 14.7. The molecule has 1 fully saturated rings. The Hall–Kier alpha value is -1.48. The van der Waals surface area contributed by atoms with Crippen LogP contribution in [0.25, 0.3) is 10.8 Å². The number of aliphatic carboxylic acids is 1. The molecule has 1 N–H and O–H groups in total. The normalized spacial score (nSPS) is 25.9. The number of carbonyl (C=O) groups is 1. The minimum atomic E-state index is -0.639. The fourth-order valence-corrected chi connectivity index (χ4v) is 4.69. The highest BCUT2D eigenvalue weighted by atomic mass is 32.2. The van der Waals surface area contributed by atoms with Crippen molar-refractivity contribution in [3.05, 3.63) is 42.5 Å². The van der Waals surface area contributed by atoms with Crippen LogP contribution in [0.2, 0.25) is 0 Å². The molecule has 2 aromatic rings. The summed E-state index contributed by atoms with van der Waals surface area (Å²) in [4.78, 5) is 12.6. The standard InChI is InChI=1S/C18H20O2S/c1-12-6-9-16(18(19)20)17(10-12)21-15-8-7-13-4-2-3-5-14(13)11-15/h2-5,7-8,11-12,16-17H,6,9-10H2,1H3,(H,19,20). The molecule has 1 aliphatic rings. The molecule has 21 heavy (non-hydrogen) atoms. The summed E-state index contributed by atoms with van der Waals surface area (Å²) >= 11 is 1.74. The molecule has 3 heteroatoms. The Morgan fingerprint density at radius 3 is 2.67 bits per heavy atom. The monoisotopic (exact) mass is 300 g/mol. The van der Waals surface area contributed by atoms with Crippen LogP contribution >= 0.6 is 11.8 Å². The average Bonchev–Trinajstić information content (AvgIpc) is 2.47. The van der Waals surface area contributed by atoms with Gasteiger partial charge in [0, 0.05) is 10.1 Å². The van der Waals surface area contributed by atoms with E-state index in [9.17, 15) is 9.90 Å². The van der Waals surface area contributed by atoms with Gasteiger partial charge in [0.05, 0.1) is 5.92 Å². The first-order chi connectivity index (χ1) is 10.1. The van der Waals surface area contributed by atoms with Crippen molar-refractivity contribution in [2.75, 3.05) is 0 Å². The van der Waals surface area contributed by atoms with Gasteiger partial charge in [-0.25, -0.2) is 0 Å². The number of hydrogen-bond donors (Lipinski definition) is 1. The summed E-state index contributed by atoms with van der Waals surface area (Å²) in [5.74, 6) is -0.226. The summed E-state index contributed by atoms with van der Waals surface area (Å²) in [5, 5.41) is 12.1. The first kappa shape index (κ1) is 14.5. The van der Waals surface area contributed by atoms with Gasteiger partial charge in [-0.15, -0.1) is 11.8 Å². The van der Waals surface area contributed by atoms with Gasteiger partial charge in [0.1, 0.15) is 0 Å². The summed E-state index contributed by atoms with van der Waals surface area (Å²) in [5.41, 5.74) is 0. The molecule has 0 amide bonds. The zero-order valence-electron chi connectivity index (χ0n) is 12.2. The van der Waals surface area contributed by atoms with Gasteiger partial charge >= 0.3 is 5.97 Å². The van der Waals surface area contributed by atoms with Gasteiger partial charge in [-0.1, -0.05) is 37.3 Å². The van der Waals surface area contributed by atoms with E-state index >= 15 is 0 Å². The van der Waals surface area contributed by atoms with Crippen LogP contribution in [-0.4, -0.2) is 16.3 Å². The molecule has 1 aliphatic carbocycles. The topological polar surface area (TPSA) is 37.3 Å². The predicted molar refractivity (Wildman–Crippen MR) is 87.7 cm³/mol. The maximum absolute atomic E-state index is 11.5. The van der Waals surface area contributed by atoms with Crippen LogP contribution in [-0.2, 0) is 4.79 Å². The number of carboxylic acid groups (broad SMARTS) is 1. The van der Waals surface area contributed by atoms with Gasteiger partial charge in [0.15, 0.2) is 0 Å². The maximum Gasteiger partial charge on any atom is 0.307 e. The number of fused-ring (bicyclic) bond motifs is 1. The van der Waals surface area contributed by atoms with Crippen LogP contribution in [0.5, 0.6) is 0 Å². The summed E-state index contributed by atoms with van der Waals surface area (Å²) in [7, 11) is 0. The van der Waals surface area contributed by atoms with E-state index in [0.717, 1.165) is 19.3 Å². The van der Waals surface area contributed by atoms with E-state index in [1.54, 1.807) is 11.8 Å². The van der Waals surface area contributed by atoms with Crippen molar-refractivity contribution in [2.45, 2.75) is 36.3 Å². The second-order valence-corrected chi connectivity index (χ2v) is 7.34. The molecule has 0 bridgehead atoms. The Morgan fingerprint density at radius 2 is 1.90 bits per heavy atom. The van der Waals surface area contributed by atoms with Crippen molar-refractivity contribution in [1.82, 2.24) is 0 Å². The second-order valence-electron chi connectivity index (χ2n) is 6.03. The molecule has 0 spiro atoms. The van der Waals surface area contributed by atoms with Crippen LogP contribution in [0.3, 0.4) is 0 Å². The summed E-state index contributed by atoms with van der Waals surface area (Å²) in [6.45, 7) is 2.23. The molecular weight excluding hydrogens is 280 g/mol. The lowest BCUT2D eigenvalue weighted by Crippen LogP contribution is -2.31. The zero-order valence-corrected chi connectivity index (χ0v) is 13.0. The molecule has 2 nitrogen and oxygen atoms in total. The van der Waals surface area contributed by atoms with Gasteiger partial charge in [-0.3, -0.25) is 4.79 Å². The third-order valence-corrected chi connectivity index (χ3v) is 5.73. The van der Waals surface area contributed by atoms with Crippen LogP contribution in [0.15, 0.2) is 47.4 Å². The Bertz CT molecular complexity index is 652. The van der Waals surface area contributed by atoms with Crippen molar-refractivity contribution >= 4 is 28.5 Å². The molecule has 0 heterocycles. The van der Waals surface area contributed by atoms with Crippen LogP contribution in [0.1, 0.15) is 26.2 Å². The molecule has 3 atom stereocenters. The number of rotatable bonds is 3. The molecule has 2 aromatic carbocycles. The van der Waals surface area contributed by atoms with Gasteiger partial charge < -0.3 is 5.11 Å². The summed E-state index contributed by atoms with van der Waals surface area (Å²) < 4.78 is 0. The molecule has 1 saturated carbocycles. The molecular formula is C18H20O2S. The fraction of sp³-hybridized carbons (Fsp3) is 0.389. The molecule has 0 aromatic heterocycles. The Balaban J connectivity index is 1.83. The quantitative estimate of drug-likeness (QED) is 0.883. The maximum atomic E-state index is 11.5. The second kappa shape index (κ2) is 6.10. The van der Waals surface area contributed by atoms with Crippen LogP contribution in [0.4, 0.5) is 0 Å². The van der Waals surface area contributed by atoms with Crippen LogP contribution < -0.4 is 0 Å². The minimum absolute atomic E-state index is 0.187. The molecule has 0 aliphatic heterocycles. The molecule has 0 saturated heterocycles. The van der Waals surface area contributed by atoms with E-state index < -0.39 is 5.97 Å². The largest absolute Gasteiger partial charge is 0.481 e. The van der Waals surface area contributed by atoms with E-state index in [1.165, 1.54) is 15.7 Å². The third-order valence-electron chi connectivity index (χ3n) is 4.38. The van der Waals surface area contributed by atoms with Crippen molar-refractivity contribution in [2.24, 2.45) is 11.8 Å². The third kappa shape index (κ3) is 3.24. The van der Waals surface area contributed by atoms with Crippen molar-refractivity contribution < 1.29 is 9.90 Å². The Labute approximate surface area is 129 Å². The summed E-state index contributed by atoms with van der Waals surface area (Å²) in [6.07, 6.45) is 2.84. The zero-order chi connectivity index (χ0) is 14.8. The van der Waals surface area contributed by atoms with E-state index in [2.05, 4.69) is 37.3 Å². The molecule has 110 valence electrons. The Morgan fingerprint density at radius 1 is 1.14 bits per heavy atom. The minimum Gasteiger partial charge on any atom is -0.481 e. The fourth-order valence-electron chi connectivity index (χ4n) is 3.16. The number of carboxylic acids is 1. The van der Waals surface area contributed by atoms with Crippen molar-refractivity contribution in [1.29, 1.82) is 0 Å². The predicted octanol–water partition coefficient (Wildman–Crippen LogP) is 4.82. The highest BCUT2D eigenvalue weighted by molar-refractivity contribution is 8.00. The molecule has 3 unspecified atom stereocenters. The van der Waals surface area contributed by atoms with Crippen LogP contribution in [0, 0.1) is 11.8 Å². The van der Waals surface area contributed by atoms with Crippen molar-refractivity contribution in [3.8, 4) is 0 Å². The molecule has 3 rings (SSSR count). The lowest BCUT2D eigenvalue weighted by Gasteiger charge is -2.31. The van der Waals surface area contributed by atoms with E-state index in [0.29, 0.717) is 5.92 Å². The lowest BCUT2D eigenvalue weighted by molar-refractivity contribution is -0.142. The van der Waals surface area contributed by atoms with E-state index in [1.807, 2.05) is 12.1 Å². The van der Waals surface area contributed by atoms with Crippen molar-refractivity contribution in [3.63, 3.8) is 0 Å². The van der Waals surface area contributed by atoms with Gasteiger partial charge in [-0.05, 0) is 48.1 Å². The first-order valence-electron chi connectivity index (χ1n) is 7.52. The molecule has 0 radical (unpaired) electrons. The lowest BCUT2D eigenvalue weighted by atomic mass is 9.82. The number of benzene rings is 2. The smallest absolute Gasteiger partial charge is 0.307 e. The number of thioether (sulfide) groups is 1. The first-order valence-corrected chi connectivity index (χ1v) is 8.39. The van der Waals surface area contributed by atoms with Gasteiger partial charge in [-0.2, -0.15) is 0 Å². The highest BCUT2D eigenvalue weighted by Gasteiger charge is 2.34. The number of hydrogen-bond acceptors (Lipinski definition) is 2. The SMILES string of the molecule is CC1CCC(C(=O)O)C(Sc2ccc3ccccc3c2)C1. The van der Waals surface area contributed by atoms with E-state index in [4.69, 9.17) is 0 Å². The van der Waals surface area contributed by atoms with Gasteiger partial charge in [0.25, 0.3) is 0 Å². The van der Waals surface area contributed by atoms with Gasteiger partial charge in [0.2, 0.25) is 0 Å². The Kier molecular flexibility index (Phi) is 4.20. The van der Waals surface area contributed by atoms with E-state index in [-0.39, 0.29) is 11.2 Å². The highest BCUT2D eigenvalue weighted by Crippen LogP contribution is 2.40. The average molecular weight is 300 g/mol.